The average molecular weight is 362 g/mol. The van der Waals surface area contributed by atoms with Crippen molar-refractivity contribution in [1.82, 2.24) is 5.32 Å². The van der Waals surface area contributed by atoms with Gasteiger partial charge in [-0.15, -0.1) is 0 Å². The lowest BCUT2D eigenvalue weighted by atomic mass is 10.1. The maximum atomic E-state index is 12.2. The lowest BCUT2D eigenvalue weighted by molar-refractivity contribution is -0.111. The van der Waals surface area contributed by atoms with E-state index in [4.69, 9.17) is 0 Å². The molecule has 2 amide bonds. The highest BCUT2D eigenvalue weighted by Crippen LogP contribution is 2.26. The molecule has 0 aliphatic rings. The smallest absolute Gasteiger partial charge is 0.288 e. The Labute approximate surface area is 148 Å². The Balaban J connectivity index is 1.93. The number of alkyl halides is 2. The largest absolute Gasteiger partial charge is 0.355 e. The van der Waals surface area contributed by atoms with Gasteiger partial charge in [0.2, 0.25) is 5.91 Å². The second-order valence-corrected chi connectivity index (χ2v) is 5.99. The molecule has 0 bridgehead atoms. The Morgan fingerprint density at radius 3 is 2.24 bits per heavy atom. The molecule has 0 aliphatic carbocycles. The van der Waals surface area contributed by atoms with Crippen molar-refractivity contribution in [3.05, 3.63) is 65.7 Å². The fourth-order valence-electron chi connectivity index (χ4n) is 1.97. The number of rotatable bonds is 6. The number of thioether (sulfide) groups is 1. The molecule has 7 heteroatoms. The molecule has 130 valence electrons. The molecule has 0 spiro atoms. The Morgan fingerprint density at radius 1 is 1.04 bits per heavy atom. The van der Waals surface area contributed by atoms with E-state index in [0.717, 1.165) is 5.56 Å². The summed E-state index contributed by atoms with van der Waals surface area (Å²) < 4.78 is 24.5. The van der Waals surface area contributed by atoms with E-state index in [0.29, 0.717) is 27.9 Å². The zero-order valence-electron chi connectivity index (χ0n) is 13.3. The van der Waals surface area contributed by atoms with Crippen molar-refractivity contribution in [3.8, 4) is 0 Å². The van der Waals surface area contributed by atoms with Crippen LogP contribution >= 0.6 is 11.8 Å². The van der Waals surface area contributed by atoms with Crippen LogP contribution in [0.2, 0.25) is 0 Å². The lowest BCUT2D eigenvalue weighted by Gasteiger charge is -2.04. The van der Waals surface area contributed by atoms with Crippen LogP contribution in [-0.2, 0) is 4.79 Å². The van der Waals surface area contributed by atoms with Gasteiger partial charge in [0.25, 0.3) is 11.7 Å². The highest BCUT2D eigenvalue weighted by Gasteiger charge is 2.05. The first-order chi connectivity index (χ1) is 12.0. The molecule has 0 unspecified atom stereocenters. The van der Waals surface area contributed by atoms with E-state index in [-0.39, 0.29) is 11.8 Å². The monoisotopic (exact) mass is 362 g/mol. The maximum absolute atomic E-state index is 12.2. The topological polar surface area (TPSA) is 58.2 Å². The molecule has 2 aromatic carbocycles. The molecular formula is C18H16F2N2O2S. The molecule has 0 saturated heterocycles. The Hall–Kier alpha value is -2.67. The van der Waals surface area contributed by atoms with Crippen LogP contribution in [0.4, 0.5) is 14.5 Å². The van der Waals surface area contributed by atoms with Gasteiger partial charge in [0, 0.05) is 29.3 Å². The van der Waals surface area contributed by atoms with Gasteiger partial charge in [0.15, 0.2) is 0 Å². The predicted molar refractivity (Wildman–Crippen MR) is 95.8 cm³/mol. The van der Waals surface area contributed by atoms with Crippen molar-refractivity contribution < 1.29 is 18.4 Å². The Morgan fingerprint density at radius 2 is 1.68 bits per heavy atom. The molecule has 0 fully saturated rings. The molecule has 0 saturated carbocycles. The van der Waals surface area contributed by atoms with Gasteiger partial charge in [0.05, 0.1) is 0 Å². The van der Waals surface area contributed by atoms with E-state index in [9.17, 15) is 18.4 Å². The molecule has 0 heterocycles. The minimum Gasteiger partial charge on any atom is -0.355 e. The first-order valence-corrected chi connectivity index (χ1v) is 8.22. The summed E-state index contributed by atoms with van der Waals surface area (Å²) in [5, 5.41) is 5.17. The number of carbonyl (C=O) groups excluding carboxylic acids is 2. The van der Waals surface area contributed by atoms with Gasteiger partial charge in [0.1, 0.15) is 0 Å². The van der Waals surface area contributed by atoms with Crippen molar-refractivity contribution in [3.63, 3.8) is 0 Å². The van der Waals surface area contributed by atoms with Crippen molar-refractivity contribution in [2.45, 2.75) is 10.7 Å². The van der Waals surface area contributed by atoms with E-state index >= 15 is 0 Å². The molecule has 25 heavy (non-hydrogen) atoms. The second kappa shape index (κ2) is 8.98. The molecule has 0 aromatic heterocycles. The molecule has 2 N–H and O–H groups in total. The number of hydrogen-bond donors (Lipinski definition) is 2. The highest BCUT2D eigenvalue weighted by molar-refractivity contribution is 7.99. The summed E-state index contributed by atoms with van der Waals surface area (Å²) in [6.45, 7) is 0. The molecule has 4 nitrogen and oxygen atoms in total. The highest BCUT2D eigenvalue weighted by atomic mass is 32.2. The van der Waals surface area contributed by atoms with E-state index in [2.05, 4.69) is 10.6 Å². The number of hydrogen-bond acceptors (Lipinski definition) is 3. The molecule has 0 aliphatic heterocycles. The minimum absolute atomic E-state index is 0.179. The van der Waals surface area contributed by atoms with Crippen molar-refractivity contribution in [2.24, 2.45) is 0 Å². The second-order valence-electron chi connectivity index (χ2n) is 4.93. The van der Waals surface area contributed by atoms with Gasteiger partial charge >= 0.3 is 0 Å². The predicted octanol–water partition coefficient (Wildman–Crippen LogP) is 4.01. The summed E-state index contributed by atoms with van der Waals surface area (Å²) in [5.74, 6) is -3.00. The van der Waals surface area contributed by atoms with Gasteiger partial charge in [-0.2, -0.15) is 8.78 Å². The quantitative estimate of drug-likeness (QED) is 0.603. The summed E-state index contributed by atoms with van der Waals surface area (Å²) in [7, 11) is 1.55. The third-order valence-electron chi connectivity index (χ3n) is 3.17. The lowest BCUT2D eigenvalue weighted by Crippen LogP contribution is -2.17. The van der Waals surface area contributed by atoms with Crippen LogP contribution in [0.25, 0.3) is 6.08 Å². The van der Waals surface area contributed by atoms with Crippen molar-refractivity contribution in [2.75, 3.05) is 12.4 Å². The first kappa shape index (κ1) is 18.7. The zero-order valence-corrected chi connectivity index (χ0v) is 14.1. The molecule has 2 aromatic rings. The van der Waals surface area contributed by atoms with Gasteiger partial charge in [-0.3, -0.25) is 9.59 Å². The van der Waals surface area contributed by atoms with Crippen LogP contribution in [-0.4, -0.2) is 24.6 Å². The number of halogens is 2. The summed E-state index contributed by atoms with van der Waals surface area (Å²) in [6.07, 6.45) is 2.97. The zero-order chi connectivity index (χ0) is 18.2. The SMILES string of the molecule is CNC(=O)c1ccc(/C=C/C(=O)Nc2ccc(SC(F)F)cc2)cc1. The van der Waals surface area contributed by atoms with Gasteiger partial charge in [-0.05, 0) is 48.0 Å². The fraction of sp³-hybridized carbons (Fsp3) is 0.111. The van der Waals surface area contributed by atoms with Crippen molar-refractivity contribution >= 4 is 35.3 Å². The van der Waals surface area contributed by atoms with Crippen LogP contribution in [0.15, 0.2) is 59.5 Å². The summed E-state index contributed by atoms with van der Waals surface area (Å²) in [4.78, 5) is 23.8. The number of amides is 2. The van der Waals surface area contributed by atoms with Gasteiger partial charge in [-0.1, -0.05) is 23.9 Å². The third-order valence-corrected chi connectivity index (χ3v) is 3.90. The van der Waals surface area contributed by atoms with E-state index in [1.807, 2.05) is 0 Å². The molecule has 0 atom stereocenters. The van der Waals surface area contributed by atoms with Crippen molar-refractivity contribution in [1.29, 1.82) is 0 Å². The molecule has 2 rings (SSSR count). The average Bonchev–Trinajstić information content (AvgIpc) is 2.61. The summed E-state index contributed by atoms with van der Waals surface area (Å²) in [5.41, 5.74) is 1.82. The molecule has 0 radical (unpaired) electrons. The van der Waals surface area contributed by atoms with Crippen LogP contribution in [0.1, 0.15) is 15.9 Å². The maximum Gasteiger partial charge on any atom is 0.288 e. The Bertz CT molecular complexity index is 760. The number of carbonyl (C=O) groups is 2. The number of nitrogens with one attached hydrogen (secondary N) is 2. The summed E-state index contributed by atoms with van der Waals surface area (Å²) in [6, 6.07) is 12.9. The van der Waals surface area contributed by atoms with Gasteiger partial charge in [-0.25, -0.2) is 0 Å². The van der Waals surface area contributed by atoms with Crippen LogP contribution in [0.5, 0.6) is 0 Å². The molecular weight excluding hydrogens is 346 g/mol. The van der Waals surface area contributed by atoms with Crippen LogP contribution in [0, 0.1) is 0 Å². The van der Waals surface area contributed by atoms with E-state index < -0.39 is 5.76 Å². The first-order valence-electron chi connectivity index (χ1n) is 7.34. The third kappa shape index (κ3) is 6.04. The minimum atomic E-state index is -2.47. The van der Waals surface area contributed by atoms with Crippen LogP contribution in [0.3, 0.4) is 0 Å². The number of benzene rings is 2. The Kier molecular flexibility index (Phi) is 6.71. The number of anilines is 1. The van der Waals surface area contributed by atoms with E-state index in [1.165, 1.54) is 18.2 Å². The van der Waals surface area contributed by atoms with Gasteiger partial charge < -0.3 is 10.6 Å². The fourth-order valence-corrected chi connectivity index (χ4v) is 2.46. The summed E-state index contributed by atoms with van der Waals surface area (Å²) >= 11 is 0.450. The van der Waals surface area contributed by atoms with Crippen LogP contribution < -0.4 is 10.6 Å². The standard InChI is InChI=1S/C18H16F2N2O2S/c1-21-17(24)13-5-2-12(3-6-13)4-11-16(23)22-14-7-9-15(10-8-14)25-18(19)20/h2-11,18H,1H3,(H,21,24)(H,22,23)/b11-4+. The van der Waals surface area contributed by atoms with E-state index in [1.54, 1.807) is 49.5 Å². The normalized spacial score (nSPS) is 10.9.